The van der Waals surface area contributed by atoms with Crippen molar-refractivity contribution in [3.05, 3.63) is 29.1 Å². The van der Waals surface area contributed by atoms with Crippen LogP contribution in [-0.4, -0.2) is 66.1 Å². The van der Waals surface area contributed by atoms with E-state index in [2.05, 4.69) is 55.3 Å². The predicted molar refractivity (Wildman–Crippen MR) is 106 cm³/mol. The van der Waals surface area contributed by atoms with E-state index in [-0.39, 0.29) is 6.03 Å². The minimum Gasteiger partial charge on any atom is -0.342 e. The molecule has 2 N–H and O–H groups in total. The van der Waals surface area contributed by atoms with Gasteiger partial charge in [-0.05, 0) is 63.9 Å². The Bertz CT molecular complexity index is 767. The number of hydrogen-bond donors (Lipinski definition) is 2. The first-order chi connectivity index (χ1) is 12.4. The summed E-state index contributed by atoms with van der Waals surface area (Å²) in [4.78, 5) is 24.5. The Morgan fingerprint density at radius 3 is 2.96 bits per heavy atom. The van der Waals surface area contributed by atoms with Crippen LogP contribution in [0.3, 0.4) is 0 Å². The summed E-state index contributed by atoms with van der Waals surface area (Å²) in [6.07, 6.45) is 2.83. The monoisotopic (exact) mass is 357 g/mol. The zero-order valence-corrected chi connectivity index (χ0v) is 16.4. The van der Waals surface area contributed by atoms with Crippen LogP contribution in [0.1, 0.15) is 29.8 Å². The first-order valence-corrected chi connectivity index (χ1v) is 9.56. The van der Waals surface area contributed by atoms with E-state index in [0.717, 1.165) is 55.8 Å². The van der Waals surface area contributed by atoms with Gasteiger partial charge in [0.1, 0.15) is 5.82 Å². The first-order valence-electron chi connectivity index (χ1n) is 9.56. The van der Waals surface area contributed by atoms with Crippen molar-refractivity contribution in [2.45, 2.75) is 33.1 Å². The van der Waals surface area contributed by atoms with Gasteiger partial charge >= 0.3 is 6.03 Å². The van der Waals surface area contributed by atoms with E-state index < -0.39 is 0 Å². The topological polar surface area (TPSA) is 64.3 Å². The van der Waals surface area contributed by atoms with E-state index in [1.807, 2.05) is 4.90 Å². The molecule has 1 unspecified atom stereocenters. The molecule has 142 valence electrons. The number of imidazole rings is 1. The maximum absolute atomic E-state index is 12.3. The van der Waals surface area contributed by atoms with E-state index in [1.165, 1.54) is 11.1 Å². The Kier molecular flexibility index (Phi) is 5.81. The number of aromatic nitrogens is 2. The summed E-state index contributed by atoms with van der Waals surface area (Å²) in [5.74, 6) is 1.59. The molecule has 0 saturated carbocycles. The number of benzene rings is 1. The molecule has 6 nitrogen and oxygen atoms in total. The van der Waals surface area contributed by atoms with Gasteiger partial charge in [0.15, 0.2) is 0 Å². The van der Waals surface area contributed by atoms with Gasteiger partial charge in [0, 0.05) is 32.6 Å². The molecule has 2 aromatic rings. The third-order valence-electron chi connectivity index (χ3n) is 5.29. The van der Waals surface area contributed by atoms with Gasteiger partial charge in [-0.3, -0.25) is 0 Å². The highest BCUT2D eigenvalue weighted by molar-refractivity contribution is 5.79. The predicted octanol–water partition coefficient (Wildman–Crippen LogP) is 2.71. The van der Waals surface area contributed by atoms with E-state index in [0.29, 0.717) is 12.5 Å². The van der Waals surface area contributed by atoms with Crippen molar-refractivity contribution in [2.75, 3.05) is 40.3 Å². The van der Waals surface area contributed by atoms with Crippen molar-refractivity contribution in [1.29, 1.82) is 0 Å². The highest BCUT2D eigenvalue weighted by Crippen LogP contribution is 2.20. The van der Waals surface area contributed by atoms with Crippen LogP contribution in [0, 0.1) is 19.8 Å². The number of likely N-dealkylation sites (tertiary alicyclic amines) is 1. The van der Waals surface area contributed by atoms with Crippen LogP contribution in [-0.2, 0) is 6.42 Å². The van der Waals surface area contributed by atoms with Crippen molar-refractivity contribution in [3.8, 4) is 0 Å². The zero-order valence-electron chi connectivity index (χ0n) is 16.4. The van der Waals surface area contributed by atoms with Gasteiger partial charge in [0.25, 0.3) is 0 Å². The molecule has 6 heteroatoms. The lowest BCUT2D eigenvalue weighted by molar-refractivity contribution is 0.205. The largest absolute Gasteiger partial charge is 0.342 e. The molecule has 0 spiro atoms. The Labute approximate surface area is 156 Å². The minimum absolute atomic E-state index is 0.0716. The fourth-order valence-electron chi connectivity index (χ4n) is 3.73. The van der Waals surface area contributed by atoms with Gasteiger partial charge in [-0.15, -0.1) is 0 Å². The summed E-state index contributed by atoms with van der Waals surface area (Å²) in [6.45, 7) is 7.69. The molecule has 2 amide bonds. The number of carbonyl (C=O) groups is 1. The molecule has 0 aliphatic carbocycles. The van der Waals surface area contributed by atoms with E-state index in [1.54, 1.807) is 0 Å². The number of urea groups is 1. The number of rotatable bonds is 6. The standard InChI is InChI=1S/C20H31N5O/c1-14-7-8-17-19(15(14)2)23-18(22-17)6-5-10-21-20(26)25-11-9-16(13-25)12-24(3)4/h7-8,16H,5-6,9-13H2,1-4H3,(H,21,26)(H,22,23). The van der Waals surface area contributed by atoms with E-state index in [4.69, 9.17) is 4.98 Å². The maximum atomic E-state index is 12.3. The van der Waals surface area contributed by atoms with E-state index >= 15 is 0 Å². The molecule has 1 aromatic heterocycles. The normalized spacial score (nSPS) is 17.4. The first kappa shape index (κ1) is 18.7. The van der Waals surface area contributed by atoms with Crippen LogP contribution in [0.25, 0.3) is 11.0 Å². The van der Waals surface area contributed by atoms with Crippen LogP contribution < -0.4 is 5.32 Å². The quantitative estimate of drug-likeness (QED) is 0.781. The summed E-state index contributed by atoms with van der Waals surface area (Å²) in [7, 11) is 4.17. The van der Waals surface area contributed by atoms with Gasteiger partial charge < -0.3 is 20.1 Å². The van der Waals surface area contributed by atoms with Crippen molar-refractivity contribution in [3.63, 3.8) is 0 Å². The lowest BCUT2D eigenvalue weighted by Gasteiger charge is -2.19. The number of hydrogen-bond acceptors (Lipinski definition) is 3. The average molecular weight is 358 g/mol. The Hall–Kier alpha value is -2.08. The molecular formula is C20H31N5O. The fourth-order valence-corrected chi connectivity index (χ4v) is 3.73. The number of aromatic amines is 1. The fraction of sp³-hybridized carbons (Fsp3) is 0.600. The molecule has 1 aromatic carbocycles. The number of carbonyl (C=O) groups excluding carboxylic acids is 1. The van der Waals surface area contributed by atoms with Crippen molar-refractivity contribution >= 4 is 17.1 Å². The molecule has 2 heterocycles. The third kappa shape index (κ3) is 4.36. The molecule has 26 heavy (non-hydrogen) atoms. The SMILES string of the molecule is Cc1ccc2[nH]c(CCCNC(=O)N3CCC(CN(C)C)C3)nc2c1C. The van der Waals surface area contributed by atoms with Crippen molar-refractivity contribution in [1.82, 2.24) is 25.1 Å². The summed E-state index contributed by atoms with van der Waals surface area (Å²) < 4.78 is 0. The number of aryl methyl sites for hydroxylation is 3. The molecule has 1 saturated heterocycles. The van der Waals surface area contributed by atoms with Gasteiger partial charge in [-0.2, -0.15) is 0 Å². The lowest BCUT2D eigenvalue weighted by Crippen LogP contribution is -2.39. The maximum Gasteiger partial charge on any atom is 0.317 e. The second-order valence-electron chi connectivity index (χ2n) is 7.79. The van der Waals surface area contributed by atoms with Crippen LogP contribution in [0.2, 0.25) is 0 Å². The number of H-pyrrole nitrogens is 1. The smallest absolute Gasteiger partial charge is 0.317 e. The lowest BCUT2D eigenvalue weighted by atomic mass is 10.1. The number of fused-ring (bicyclic) bond motifs is 1. The molecule has 0 radical (unpaired) electrons. The van der Waals surface area contributed by atoms with Crippen molar-refractivity contribution in [2.24, 2.45) is 5.92 Å². The Morgan fingerprint density at radius 2 is 2.19 bits per heavy atom. The van der Waals surface area contributed by atoms with Crippen molar-refractivity contribution < 1.29 is 4.79 Å². The summed E-state index contributed by atoms with van der Waals surface area (Å²) >= 11 is 0. The minimum atomic E-state index is 0.0716. The number of nitrogens with zero attached hydrogens (tertiary/aromatic N) is 3. The van der Waals surface area contributed by atoms with Crippen LogP contribution in [0.4, 0.5) is 4.79 Å². The third-order valence-corrected chi connectivity index (χ3v) is 5.29. The molecule has 1 aliphatic rings. The Morgan fingerprint density at radius 1 is 1.38 bits per heavy atom. The van der Waals surface area contributed by atoms with Crippen LogP contribution >= 0.6 is 0 Å². The van der Waals surface area contributed by atoms with Crippen LogP contribution in [0.15, 0.2) is 12.1 Å². The summed E-state index contributed by atoms with van der Waals surface area (Å²) in [5.41, 5.74) is 4.66. The molecule has 1 fully saturated rings. The second kappa shape index (κ2) is 8.08. The average Bonchev–Trinajstić information content (AvgIpc) is 3.21. The number of nitrogens with one attached hydrogen (secondary N) is 2. The number of amides is 2. The van der Waals surface area contributed by atoms with Crippen LogP contribution in [0.5, 0.6) is 0 Å². The highest BCUT2D eigenvalue weighted by Gasteiger charge is 2.26. The molecule has 1 atom stereocenters. The molecule has 1 aliphatic heterocycles. The second-order valence-corrected chi connectivity index (χ2v) is 7.79. The zero-order chi connectivity index (χ0) is 18.7. The summed E-state index contributed by atoms with van der Waals surface area (Å²) in [6, 6.07) is 4.29. The highest BCUT2D eigenvalue weighted by atomic mass is 16.2. The van der Waals surface area contributed by atoms with Gasteiger partial charge in [-0.1, -0.05) is 6.07 Å². The molecule has 0 bridgehead atoms. The molecule has 3 rings (SSSR count). The van der Waals surface area contributed by atoms with Gasteiger partial charge in [-0.25, -0.2) is 9.78 Å². The molecular weight excluding hydrogens is 326 g/mol. The van der Waals surface area contributed by atoms with Gasteiger partial charge in [0.05, 0.1) is 11.0 Å². The van der Waals surface area contributed by atoms with E-state index in [9.17, 15) is 4.79 Å². The van der Waals surface area contributed by atoms with Gasteiger partial charge in [0.2, 0.25) is 0 Å². The summed E-state index contributed by atoms with van der Waals surface area (Å²) in [5, 5.41) is 3.05. The Balaban J connectivity index is 1.43.